The highest BCUT2D eigenvalue weighted by Crippen LogP contribution is 2.19. The fraction of sp³-hybridized carbons (Fsp3) is 0.500. The van der Waals surface area contributed by atoms with Crippen LogP contribution in [0.1, 0.15) is 27.2 Å². The van der Waals surface area contributed by atoms with Crippen molar-refractivity contribution >= 4 is 17.1 Å². The van der Waals surface area contributed by atoms with Gasteiger partial charge in [-0.15, -0.1) is 0 Å². The summed E-state index contributed by atoms with van der Waals surface area (Å²) in [5.74, 6) is 0.515. The van der Waals surface area contributed by atoms with Gasteiger partial charge in [-0.2, -0.15) is 0 Å². The summed E-state index contributed by atoms with van der Waals surface area (Å²) in [7, 11) is 0.211. The van der Waals surface area contributed by atoms with Crippen LogP contribution < -0.4 is 4.74 Å². The van der Waals surface area contributed by atoms with Gasteiger partial charge >= 0.3 is 6.16 Å². The van der Waals surface area contributed by atoms with Crippen molar-refractivity contribution < 1.29 is 14.3 Å². The fourth-order valence-electron chi connectivity index (χ4n) is 1.19. The van der Waals surface area contributed by atoms with Gasteiger partial charge in [0.1, 0.15) is 23.9 Å². The summed E-state index contributed by atoms with van der Waals surface area (Å²) < 4.78 is 10.3. The van der Waals surface area contributed by atoms with E-state index in [1.54, 1.807) is 12.1 Å². The number of ether oxygens (including phenoxy) is 2. The van der Waals surface area contributed by atoms with Crippen molar-refractivity contribution in [1.82, 2.24) is 0 Å². The van der Waals surface area contributed by atoms with Gasteiger partial charge in [-0.1, -0.05) is 6.92 Å². The van der Waals surface area contributed by atoms with Gasteiger partial charge in [-0.25, -0.2) is 4.79 Å². The zero-order valence-electron chi connectivity index (χ0n) is 11.6. The number of benzene rings is 1. The summed E-state index contributed by atoms with van der Waals surface area (Å²) in [6.45, 7) is 5.68. The van der Waals surface area contributed by atoms with Crippen LogP contribution in [0.15, 0.2) is 29.2 Å². The Morgan fingerprint density at radius 3 is 2.22 bits per heavy atom. The minimum Gasteiger partial charge on any atom is -0.428 e. The number of hydrogen-bond acceptors (Lipinski definition) is 3. The van der Waals surface area contributed by atoms with Gasteiger partial charge in [-0.05, 0) is 44.5 Å². The molecule has 0 saturated heterocycles. The second kappa shape index (κ2) is 6.14. The van der Waals surface area contributed by atoms with Crippen LogP contribution in [0.4, 0.5) is 4.79 Å². The van der Waals surface area contributed by atoms with Crippen molar-refractivity contribution in [2.45, 2.75) is 37.7 Å². The largest absolute Gasteiger partial charge is 0.514 e. The lowest BCUT2D eigenvalue weighted by Crippen LogP contribution is -2.28. The molecule has 0 aliphatic heterocycles. The molecule has 0 aliphatic carbocycles. The van der Waals surface area contributed by atoms with E-state index in [-0.39, 0.29) is 10.9 Å². The zero-order valence-corrected chi connectivity index (χ0v) is 12.5. The molecule has 0 unspecified atom stereocenters. The Morgan fingerprint density at radius 1 is 1.22 bits per heavy atom. The second-order valence-corrected chi connectivity index (χ2v) is 6.96. The van der Waals surface area contributed by atoms with E-state index in [2.05, 4.69) is 12.5 Å². The van der Waals surface area contributed by atoms with Crippen molar-refractivity contribution in [3.8, 4) is 5.75 Å². The van der Waals surface area contributed by atoms with Crippen LogP contribution in [0, 0.1) is 0 Å². The molecule has 0 aliphatic rings. The lowest BCUT2D eigenvalue weighted by atomic mass is 10.1. The van der Waals surface area contributed by atoms with Crippen LogP contribution in [0.3, 0.4) is 0 Å². The highest BCUT2D eigenvalue weighted by molar-refractivity contribution is 7.95. The van der Waals surface area contributed by atoms with Crippen LogP contribution in [0.25, 0.3) is 0 Å². The van der Waals surface area contributed by atoms with Gasteiger partial charge in [0.25, 0.3) is 0 Å². The molecule has 0 aromatic heterocycles. The molecular formula is C14H21O3S+. The monoisotopic (exact) mass is 269 g/mol. The topological polar surface area (TPSA) is 35.5 Å². The van der Waals surface area contributed by atoms with E-state index in [1.807, 2.05) is 32.9 Å². The normalized spacial score (nSPS) is 11.4. The maximum atomic E-state index is 11.6. The Hall–Kier alpha value is -1.16. The lowest BCUT2D eigenvalue weighted by molar-refractivity contribution is 0.00706. The fourth-order valence-corrected chi connectivity index (χ4v) is 1.88. The van der Waals surface area contributed by atoms with Crippen LogP contribution in [-0.2, 0) is 15.6 Å². The molecular weight excluding hydrogens is 248 g/mol. The summed E-state index contributed by atoms with van der Waals surface area (Å²) in [5.41, 5.74) is -0.490. The first-order chi connectivity index (χ1) is 8.34. The molecule has 0 saturated carbocycles. The average molecular weight is 269 g/mol. The van der Waals surface area contributed by atoms with Crippen LogP contribution in [-0.4, -0.2) is 24.3 Å². The van der Waals surface area contributed by atoms with E-state index >= 15 is 0 Å². The van der Waals surface area contributed by atoms with E-state index in [9.17, 15) is 4.79 Å². The highest BCUT2D eigenvalue weighted by atomic mass is 32.2. The third kappa shape index (κ3) is 4.61. The van der Waals surface area contributed by atoms with Crippen molar-refractivity contribution in [2.75, 3.05) is 12.5 Å². The molecule has 1 aromatic carbocycles. The molecule has 0 atom stereocenters. The first-order valence-electron chi connectivity index (χ1n) is 5.92. The second-order valence-electron chi connectivity index (χ2n) is 4.86. The van der Waals surface area contributed by atoms with Gasteiger partial charge < -0.3 is 9.47 Å². The summed E-state index contributed by atoms with van der Waals surface area (Å²) in [5, 5.41) is 0. The lowest BCUT2D eigenvalue weighted by Gasteiger charge is -2.22. The maximum absolute atomic E-state index is 11.6. The molecule has 1 aromatic rings. The Kier molecular flexibility index (Phi) is 5.08. The summed E-state index contributed by atoms with van der Waals surface area (Å²) in [6.07, 6.45) is 4.39. The molecule has 18 heavy (non-hydrogen) atoms. The molecule has 0 spiro atoms. The molecule has 0 bridgehead atoms. The molecule has 0 N–H and O–H groups in total. The third-order valence-electron chi connectivity index (χ3n) is 2.71. The minimum atomic E-state index is -0.651. The minimum absolute atomic E-state index is 0.211. The maximum Gasteiger partial charge on any atom is 0.514 e. The Balaban J connectivity index is 2.60. The first-order valence-corrected chi connectivity index (χ1v) is 7.96. The molecule has 0 fully saturated rings. The average Bonchev–Trinajstić information content (AvgIpc) is 2.29. The highest BCUT2D eigenvalue weighted by Gasteiger charge is 2.22. The Labute approximate surface area is 112 Å². The van der Waals surface area contributed by atoms with Crippen molar-refractivity contribution in [2.24, 2.45) is 0 Å². The predicted octanol–water partition coefficient (Wildman–Crippen LogP) is 3.63. The Bertz CT molecular complexity index is 396. The third-order valence-corrected chi connectivity index (χ3v) is 3.92. The first kappa shape index (κ1) is 14.9. The van der Waals surface area contributed by atoms with Gasteiger partial charge in [-0.3, -0.25) is 0 Å². The summed E-state index contributed by atoms with van der Waals surface area (Å²) >= 11 is 0. The molecule has 0 amide bonds. The molecule has 4 heteroatoms. The number of hydrogen-bond donors (Lipinski definition) is 0. The van der Waals surface area contributed by atoms with Crippen molar-refractivity contribution in [3.63, 3.8) is 0 Å². The van der Waals surface area contributed by atoms with E-state index < -0.39 is 11.8 Å². The summed E-state index contributed by atoms with van der Waals surface area (Å²) in [6, 6.07) is 7.53. The molecule has 1 rings (SSSR count). The van der Waals surface area contributed by atoms with Crippen LogP contribution in [0.5, 0.6) is 5.75 Å². The predicted molar refractivity (Wildman–Crippen MR) is 75.4 cm³/mol. The summed E-state index contributed by atoms with van der Waals surface area (Å²) in [4.78, 5) is 12.8. The van der Waals surface area contributed by atoms with Gasteiger partial charge in [0.15, 0.2) is 4.90 Å². The number of carbonyl (C=O) groups is 1. The number of rotatable bonds is 4. The molecule has 100 valence electrons. The Morgan fingerprint density at radius 2 is 1.78 bits per heavy atom. The van der Waals surface area contributed by atoms with E-state index in [4.69, 9.17) is 9.47 Å². The van der Waals surface area contributed by atoms with Gasteiger partial charge in [0, 0.05) is 10.9 Å². The van der Waals surface area contributed by atoms with Gasteiger partial charge in [0.2, 0.25) is 0 Å². The standard InChI is InChI=1S/C14H21O3S/c1-6-14(2,3)17-13(15)16-11-7-9-12(10-8-11)18(4)5/h7-10H,6H2,1-5H3/q+1. The quantitative estimate of drug-likeness (QED) is 0.476. The van der Waals surface area contributed by atoms with Crippen LogP contribution >= 0.6 is 0 Å². The van der Waals surface area contributed by atoms with Crippen molar-refractivity contribution in [3.05, 3.63) is 24.3 Å². The smallest absolute Gasteiger partial charge is 0.428 e. The van der Waals surface area contributed by atoms with E-state index in [0.717, 1.165) is 6.42 Å². The molecule has 0 radical (unpaired) electrons. The van der Waals surface area contributed by atoms with Gasteiger partial charge in [0.05, 0.1) is 0 Å². The van der Waals surface area contributed by atoms with Crippen molar-refractivity contribution in [1.29, 1.82) is 0 Å². The van der Waals surface area contributed by atoms with Crippen LogP contribution in [0.2, 0.25) is 0 Å². The zero-order chi connectivity index (χ0) is 13.8. The number of carbonyl (C=O) groups excluding carboxylic acids is 1. The van der Waals surface area contributed by atoms with E-state index in [0.29, 0.717) is 5.75 Å². The molecule has 3 nitrogen and oxygen atoms in total. The SMILES string of the molecule is CCC(C)(C)OC(=O)Oc1ccc([S+](C)C)cc1. The molecule has 0 heterocycles. The van der Waals surface area contributed by atoms with E-state index in [1.165, 1.54) is 4.90 Å².